The molecule has 139 heavy (non-hydrogen) atoms. The number of hydrogen-bond donors (Lipinski definition) is 15. The number of nitro groups is 1. The van der Waals surface area contributed by atoms with Gasteiger partial charge in [-0.2, -0.15) is 4.31 Å². The van der Waals surface area contributed by atoms with Crippen molar-refractivity contribution in [2.45, 2.75) is 370 Å². The Balaban J connectivity index is 1.24. The number of hydrogen-bond acceptors (Lipinski definition) is 27. The number of allylic oxidation sites excluding steroid dienone is 21. The maximum absolute atomic E-state index is 13.9. The summed E-state index contributed by atoms with van der Waals surface area (Å²) in [6.07, 6.45) is 28.8. The number of rotatable bonds is 68. The minimum Gasteiger partial charge on any atom is -0.480 e. The Hall–Kier alpha value is -9.34. The monoisotopic (exact) mass is 2000 g/mol. The first-order valence-corrected chi connectivity index (χ1v) is 51.2. The number of carbonyl (C=O) groups excluding carboxylic acids is 6. The Morgan fingerprint density at radius 1 is 0.482 bits per heavy atom. The quantitative estimate of drug-likeness (QED) is 0.00961. The molecule has 3 heterocycles. The molecular weight excluding hydrogens is 1840 g/mol. The van der Waals surface area contributed by atoms with Crippen LogP contribution in [0.25, 0.3) is 11.0 Å². The Labute approximate surface area is 818 Å². The fourth-order valence-electron chi connectivity index (χ4n) is 15.4. The van der Waals surface area contributed by atoms with Crippen LogP contribution in [-0.2, 0) is 79.8 Å². The third-order valence-corrected chi connectivity index (χ3v) is 26.1. The minimum atomic E-state index is -5.95. The zero-order valence-corrected chi connectivity index (χ0v) is 85.5. The van der Waals surface area contributed by atoms with Crippen molar-refractivity contribution in [2.75, 3.05) is 44.8 Å². The lowest BCUT2D eigenvalue weighted by atomic mass is 9.94. The first kappa shape index (κ1) is 122. The van der Waals surface area contributed by atoms with Gasteiger partial charge in [0.2, 0.25) is 41.0 Å². The third-order valence-electron chi connectivity index (χ3n) is 23.5. The van der Waals surface area contributed by atoms with Crippen molar-refractivity contribution in [3.63, 3.8) is 0 Å². The van der Waals surface area contributed by atoms with Crippen LogP contribution >= 0.6 is 15.6 Å². The minimum absolute atomic E-state index is 0.00794. The lowest BCUT2D eigenvalue weighted by molar-refractivity contribution is -0.383. The number of nitrogens with zero attached hydrogens (tertiary/aromatic N) is 3. The number of ether oxygens (including phenoxy) is 4. The summed E-state index contributed by atoms with van der Waals surface area (Å²) >= 11 is 0. The molecule has 2 fully saturated rings. The highest BCUT2D eigenvalue weighted by molar-refractivity contribution is 7.61. The van der Waals surface area contributed by atoms with E-state index in [4.69, 9.17) is 28.0 Å². The van der Waals surface area contributed by atoms with Gasteiger partial charge < -0.3 is 96.6 Å². The Kier molecular flexibility index (Phi) is 57.6. The number of aliphatic hydroxyl groups is 4. The number of amides is 6. The van der Waals surface area contributed by atoms with E-state index in [1.807, 2.05) is 6.92 Å². The molecule has 0 radical (unpaired) electrons. The van der Waals surface area contributed by atoms with E-state index in [-0.39, 0.29) is 48.4 Å². The van der Waals surface area contributed by atoms with Crippen LogP contribution in [-0.4, -0.2) is 222 Å². The molecule has 15 atom stereocenters. The van der Waals surface area contributed by atoms with Gasteiger partial charge in [0.25, 0.3) is 0 Å². The molecule has 2 aliphatic heterocycles. The van der Waals surface area contributed by atoms with Crippen LogP contribution in [0.5, 0.6) is 0 Å². The second-order valence-electron chi connectivity index (χ2n) is 36.4. The summed E-state index contributed by atoms with van der Waals surface area (Å²) in [6.45, 7) is 26.0. The van der Waals surface area contributed by atoms with E-state index < -0.39 is 181 Å². The number of phosphoric acid groups is 2. The van der Waals surface area contributed by atoms with Crippen LogP contribution < -0.4 is 37.2 Å². The predicted octanol–water partition coefficient (Wildman–Crippen LogP) is 15.2. The molecule has 780 valence electrons. The van der Waals surface area contributed by atoms with Crippen LogP contribution in [0.3, 0.4) is 0 Å². The fourth-order valence-corrected chi connectivity index (χ4v) is 17.4. The number of carbonyl (C=O) groups is 8. The van der Waals surface area contributed by atoms with E-state index in [1.54, 1.807) is 6.92 Å². The number of carboxylic acid groups (broad SMARTS) is 2. The van der Waals surface area contributed by atoms with Gasteiger partial charge in [0.1, 0.15) is 66.9 Å². The van der Waals surface area contributed by atoms with Crippen molar-refractivity contribution in [2.24, 2.45) is 0 Å². The van der Waals surface area contributed by atoms with E-state index in [0.717, 1.165) is 147 Å². The standard InChI is InChI=1S/C99H156N10O28P2/c1-64(2)31-21-32-65(3)33-22-34-66(4)35-23-36-67(5)37-24-38-68(6)39-25-40-69(7)41-26-42-70(8)43-27-44-71(9)45-28-46-72(10)47-29-48-73(11)49-30-50-74(12)57-60-130-138(126,127)137-139(128,129)135-99-90(104-77(15)113)94(93(83(63-111)133-99)134-98-89(103-76(14)112)92(118)91(117)82(62-110)132-98)131-75(13)95(119)102-61-86(116)106-80(97(122)123)54-56-85(115)105-79(96(120)121)51-18-20-59-101-84(114)52-17-16-19-58-100-78-53-55-81(109(124)125)88-87(78)107-136-108-88/h31,33,35,37,39,41,43,45,47,49,53,55,57,75,79-80,82-83,89-94,98-100,110-111,117-118H,16-30,32,34,36,38,40,42,44,46,48,50-52,54,56,58-63H2,1-15H3,(H,101,114)(H,102,119)(H,103,112)(H,104,113)(H,105,115)(H,106,116)(H,120,121)(H,122,123)(H,126,127)(H,128,129)/b65-33+,66-35+,67-37+,68-39-,69-41-,70-43-,71-45-,72-47-,73-49-,74-57-/t75-,79+,80-,82-,83-,89-,90-,91-,92-,93-,94-,98+,99-/m1/s1. The van der Waals surface area contributed by atoms with Gasteiger partial charge >= 0.3 is 33.3 Å². The maximum Gasteiger partial charge on any atom is 0.483 e. The number of benzene rings is 1. The zero-order chi connectivity index (χ0) is 103. The van der Waals surface area contributed by atoms with E-state index in [9.17, 15) is 98.0 Å². The second kappa shape index (κ2) is 65.7. The van der Waals surface area contributed by atoms with Crippen LogP contribution in [0, 0.1) is 10.1 Å². The molecule has 0 bridgehead atoms. The van der Waals surface area contributed by atoms with Gasteiger partial charge in [-0.3, -0.25) is 47.9 Å². The highest BCUT2D eigenvalue weighted by Crippen LogP contribution is 2.61. The molecule has 1 aromatic carbocycles. The first-order valence-electron chi connectivity index (χ1n) is 48.2. The zero-order valence-electron chi connectivity index (χ0n) is 83.7. The van der Waals surface area contributed by atoms with Crippen LogP contribution in [0.1, 0.15) is 290 Å². The van der Waals surface area contributed by atoms with Crippen LogP contribution in [0.15, 0.2) is 145 Å². The topological polar surface area (TPSA) is 563 Å². The van der Waals surface area contributed by atoms with Crippen molar-refractivity contribution >= 4 is 85.4 Å². The predicted molar refractivity (Wildman–Crippen MR) is 529 cm³/mol. The van der Waals surface area contributed by atoms with Crippen molar-refractivity contribution in [1.82, 2.24) is 42.2 Å². The van der Waals surface area contributed by atoms with Crippen molar-refractivity contribution < 1.29 is 130 Å². The lowest BCUT2D eigenvalue weighted by Crippen LogP contribution is -2.70. The molecule has 2 aliphatic rings. The summed E-state index contributed by atoms with van der Waals surface area (Å²) in [4.78, 5) is 136. The maximum atomic E-state index is 13.9. The number of aliphatic hydroxyl groups excluding tert-OH is 4. The van der Waals surface area contributed by atoms with Gasteiger partial charge in [0.15, 0.2) is 18.1 Å². The number of phosphoric ester groups is 2. The normalized spacial score (nSPS) is 21.1. The molecule has 0 saturated carbocycles. The summed E-state index contributed by atoms with van der Waals surface area (Å²) in [5.41, 5.74) is 15.2. The summed E-state index contributed by atoms with van der Waals surface area (Å²) in [7, 11) is -11.5. The summed E-state index contributed by atoms with van der Waals surface area (Å²) in [5.74, 6) is -8.29. The third kappa shape index (κ3) is 50.3. The average molecular weight is 2000 g/mol. The smallest absolute Gasteiger partial charge is 0.480 e. The van der Waals surface area contributed by atoms with Gasteiger partial charge in [-0.25, -0.2) is 23.3 Å². The number of aromatic nitrogens is 2. The molecule has 2 aromatic rings. The van der Waals surface area contributed by atoms with E-state index >= 15 is 0 Å². The number of aliphatic carboxylic acids is 2. The average Bonchev–Trinajstić information content (AvgIpc) is 1.45. The Bertz CT molecular complexity index is 4740. The summed E-state index contributed by atoms with van der Waals surface area (Å²) in [6, 6.07) is -4.14. The van der Waals surface area contributed by atoms with Gasteiger partial charge in [-0.15, -0.1) is 0 Å². The van der Waals surface area contributed by atoms with E-state index in [0.29, 0.717) is 50.8 Å². The molecule has 0 aliphatic carbocycles. The summed E-state index contributed by atoms with van der Waals surface area (Å²) < 4.78 is 70.9. The molecule has 15 N–H and O–H groups in total. The Morgan fingerprint density at radius 3 is 1.37 bits per heavy atom. The SMILES string of the molecule is CC(=O)N[C@H]1[C@H](O[C@H]2[C@H](O[C@H](C)C(=O)NCC(=O)N[C@H](CCC(=O)N[C@@H](CCCCNC(=O)CCCCCNc3ccc([N+](=O)[O-])c4nonc34)C(=O)O)C(=O)O)[C@@H](NC(C)=O)[C@@H](OP(=O)(O)OP(=O)(O)OC/C=C(/C)CC/C=C(/C)CC/C=C(/C)CC/C=C(/C)CC/C=C(/C)CC/C=C(/C)CC/C=C(/C)CC/C=C(\C)CC/C=C(\C)CC/C=C(\C)CCC=C(C)C)O[C@@H]2CO)O[C@H](CO)[C@@H](O)[C@@H]1O. The number of non-ortho nitro benzene ring substituents is 1. The number of carboxylic acids is 2. The van der Waals surface area contributed by atoms with Crippen LogP contribution in [0.4, 0.5) is 11.4 Å². The molecule has 0 spiro atoms. The highest BCUT2D eigenvalue weighted by Gasteiger charge is 2.55. The number of nitro benzene ring substituents is 1. The molecule has 2 saturated heterocycles. The molecular formula is C99H156N10O28P2. The number of anilines is 1. The highest BCUT2D eigenvalue weighted by atomic mass is 31.3. The van der Waals surface area contributed by atoms with E-state index in [2.05, 4.69) is 186 Å². The van der Waals surface area contributed by atoms with Crippen molar-refractivity contribution in [3.05, 3.63) is 150 Å². The van der Waals surface area contributed by atoms with E-state index in [1.165, 1.54) is 68.4 Å². The number of nitrogens with one attached hydrogen (secondary N) is 7. The molecule has 38 nitrogen and oxygen atoms in total. The largest absolute Gasteiger partial charge is 0.483 e. The number of fused-ring (bicyclic) bond motifs is 1. The second-order valence-corrected chi connectivity index (χ2v) is 39.4. The molecule has 40 heteroatoms. The molecule has 2 unspecified atom stereocenters. The Morgan fingerprint density at radius 2 is 0.914 bits per heavy atom. The van der Waals surface area contributed by atoms with Gasteiger partial charge in [-0.1, -0.05) is 135 Å². The van der Waals surface area contributed by atoms with Crippen molar-refractivity contribution in [1.29, 1.82) is 0 Å². The van der Waals surface area contributed by atoms with Gasteiger partial charge in [0.05, 0.1) is 37.0 Å². The van der Waals surface area contributed by atoms with Crippen molar-refractivity contribution in [3.8, 4) is 0 Å². The molecule has 6 amide bonds. The molecule has 1 aromatic heterocycles. The first-order chi connectivity index (χ1) is 65.8. The number of unbranched alkanes of at least 4 members (excludes halogenated alkanes) is 3. The summed E-state index contributed by atoms with van der Waals surface area (Å²) in [5, 5.41) is 98.8. The van der Waals surface area contributed by atoms with Gasteiger partial charge in [0, 0.05) is 45.8 Å². The van der Waals surface area contributed by atoms with Gasteiger partial charge in [-0.05, 0) is 273 Å². The lowest BCUT2D eigenvalue weighted by Gasteiger charge is -2.49. The fraction of sp³-hybridized carbons (Fsp3) is 0.636. The van der Waals surface area contributed by atoms with Crippen LogP contribution in [0.2, 0.25) is 0 Å². The molecule has 4 rings (SSSR count).